The van der Waals surface area contributed by atoms with Crippen LogP contribution in [0.3, 0.4) is 0 Å². The van der Waals surface area contributed by atoms with Crippen LogP contribution < -0.4 is 11.1 Å². The average molecular weight is 505 g/mol. The second-order valence-electron chi connectivity index (χ2n) is 10.4. The van der Waals surface area contributed by atoms with Crippen LogP contribution in [0.5, 0.6) is 0 Å². The van der Waals surface area contributed by atoms with Crippen molar-refractivity contribution in [2.75, 3.05) is 5.32 Å². The second-order valence-corrected chi connectivity index (χ2v) is 10.4. The van der Waals surface area contributed by atoms with E-state index in [-0.39, 0.29) is 22.9 Å². The lowest BCUT2D eigenvalue weighted by Crippen LogP contribution is -2.27. The number of fused-ring (bicyclic) bond motifs is 1. The van der Waals surface area contributed by atoms with Crippen molar-refractivity contribution in [3.8, 4) is 11.3 Å². The van der Waals surface area contributed by atoms with Crippen LogP contribution in [0.4, 0.5) is 20.4 Å². The number of nitrogens with zero attached hydrogens (tertiary/aromatic N) is 4. The molecule has 0 amide bonds. The number of aliphatic hydroxyl groups is 1. The van der Waals surface area contributed by atoms with E-state index in [1.165, 1.54) is 16.6 Å². The Hall–Kier alpha value is -3.43. The third kappa shape index (κ3) is 4.46. The molecular weight excluding hydrogens is 474 g/mol. The third-order valence-electron chi connectivity index (χ3n) is 7.91. The predicted octanol–water partition coefficient (Wildman–Crippen LogP) is 5.56. The quantitative estimate of drug-likeness (QED) is 0.329. The predicted molar refractivity (Wildman–Crippen MR) is 137 cm³/mol. The number of imidazole rings is 1. The lowest BCUT2D eigenvalue weighted by Gasteiger charge is -2.28. The summed E-state index contributed by atoms with van der Waals surface area (Å²) in [7, 11) is 0. The number of anilines is 2. The molecule has 37 heavy (non-hydrogen) atoms. The van der Waals surface area contributed by atoms with Crippen molar-refractivity contribution in [3.63, 3.8) is 0 Å². The van der Waals surface area contributed by atoms with Gasteiger partial charge in [-0.1, -0.05) is 19.3 Å². The summed E-state index contributed by atoms with van der Waals surface area (Å²) in [5.41, 5.74) is 7.85. The van der Waals surface area contributed by atoms with Gasteiger partial charge in [0.2, 0.25) is 5.95 Å². The minimum atomic E-state index is -1.18. The number of pyridine rings is 1. The summed E-state index contributed by atoms with van der Waals surface area (Å²) < 4.78 is 32.0. The maximum Gasteiger partial charge on any atom is 0.229 e. The maximum atomic E-state index is 15.2. The molecule has 192 valence electrons. The van der Waals surface area contributed by atoms with Crippen molar-refractivity contribution >= 4 is 17.2 Å². The molecule has 3 aromatic heterocycles. The van der Waals surface area contributed by atoms with Gasteiger partial charge in [-0.25, -0.2) is 13.8 Å². The Balaban J connectivity index is 1.35. The summed E-state index contributed by atoms with van der Waals surface area (Å²) in [6.07, 6.45) is 11.9. The highest BCUT2D eigenvalue weighted by atomic mass is 19.1. The fourth-order valence-corrected chi connectivity index (χ4v) is 5.93. The first kappa shape index (κ1) is 23.9. The van der Waals surface area contributed by atoms with Crippen molar-refractivity contribution in [1.82, 2.24) is 19.6 Å². The van der Waals surface area contributed by atoms with Gasteiger partial charge in [-0.05, 0) is 79.5 Å². The zero-order valence-corrected chi connectivity index (χ0v) is 20.5. The molecule has 2 aliphatic carbocycles. The van der Waals surface area contributed by atoms with E-state index in [4.69, 9.17) is 5.73 Å². The van der Waals surface area contributed by atoms with E-state index in [1.807, 2.05) is 6.07 Å². The van der Waals surface area contributed by atoms with Crippen LogP contribution in [0, 0.1) is 11.6 Å². The normalized spacial score (nSPS) is 21.4. The molecule has 2 atom stereocenters. The van der Waals surface area contributed by atoms with Crippen LogP contribution in [0.2, 0.25) is 0 Å². The van der Waals surface area contributed by atoms with Gasteiger partial charge in [0, 0.05) is 12.2 Å². The van der Waals surface area contributed by atoms with Crippen LogP contribution >= 0.6 is 0 Å². The van der Waals surface area contributed by atoms with Crippen molar-refractivity contribution in [3.05, 3.63) is 71.7 Å². The number of aromatic nitrogens is 4. The summed E-state index contributed by atoms with van der Waals surface area (Å²) >= 11 is 0. The Morgan fingerprint density at radius 3 is 2.57 bits per heavy atom. The Bertz CT molecular complexity index is 1420. The molecule has 6 rings (SSSR count). The average Bonchev–Trinajstić information content (AvgIpc) is 3.51. The molecule has 0 radical (unpaired) electrons. The van der Waals surface area contributed by atoms with E-state index in [2.05, 4.69) is 20.4 Å². The SMILES string of the molecule is NC1CCCC(c2ccncc2Nc2ncc3ccc(-c4c(F)cc(C5(O)CCCC5)cc4F)nn23)C1. The molecule has 4 aromatic rings. The van der Waals surface area contributed by atoms with E-state index < -0.39 is 17.2 Å². The molecular formula is C28H30F2N6O. The Kier molecular flexibility index (Phi) is 6.12. The van der Waals surface area contributed by atoms with Crippen molar-refractivity contribution in [2.24, 2.45) is 5.73 Å². The van der Waals surface area contributed by atoms with E-state index in [0.717, 1.165) is 49.8 Å². The van der Waals surface area contributed by atoms with Crippen molar-refractivity contribution in [2.45, 2.75) is 68.9 Å². The smallest absolute Gasteiger partial charge is 0.229 e. The fourth-order valence-electron chi connectivity index (χ4n) is 5.93. The standard InChI is InChI=1S/C28H30F2N6O/c29-22-13-18(28(37)9-1-2-10-28)14-23(30)26(22)24-7-6-20-15-33-27(36(20)35-24)34-25-16-32-11-8-21(25)17-4-3-5-19(31)12-17/h6-8,11,13-17,19,37H,1-5,9-10,12,31H2,(H,33,34). The highest BCUT2D eigenvalue weighted by Gasteiger charge is 2.34. The highest BCUT2D eigenvalue weighted by Crippen LogP contribution is 2.41. The number of nitrogens with two attached hydrogens (primary N) is 1. The Morgan fingerprint density at radius 1 is 1.03 bits per heavy atom. The summed E-state index contributed by atoms with van der Waals surface area (Å²) in [5, 5.41) is 18.7. The molecule has 1 aromatic carbocycles. The molecule has 0 bridgehead atoms. The largest absolute Gasteiger partial charge is 0.385 e. The van der Waals surface area contributed by atoms with E-state index in [1.54, 1.807) is 30.7 Å². The Morgan fingerprint density at radius 2 is 1.81 bits per heavy atom. The van der Waals surface area contributed by atoms with Gasteiger partial charge in [0.15, 0.2) is 0 Å². The molecule has 0 aliphatic heterocycles. The first-order valence-corrected chi connectivity index (χ1v) is 12.9. The molecule has 2 fully saturated rings. The van der Waals surface area contributed by atoms with Gasteiger partial charge in [0.05, 0.1) is 40.5 Å². The van der Waals surface area contributed by atoms with Crippen molar-refractivity contribution in [1.29, 1.82) is 0 Å². The fraction of sp³-hybridized carbons (Fsp3) is 0.393. The van der Waals surface area contributed by atoms with Gasteiger partial charge in [0.1, 0.15) is 11.6 Å². The van der Waals surface area contributed by atoms with Crippen LogP contribution in [0.1, 0.15) is 68.4 Å². The molecule has 4 N–H and O–H groups in total. The molecule has 3 heterocycles. The molecule has 7 nitrogen and oxygen atoms in total. The van der Waals surface area contributed by atoms with Crippen LogP contribution in [-0.4, -0.2) is 30.7 Å². The van der Waals surface area contributed by atoms with Gasteiger partial charge in [-0.2, -0.15) is 9.61 Å². The van der Waals surface area contributed by atoms with E-state index >= 15 is 8.78 Å². The van der Waals surface area contributed by atoms with E-state index in [9.17, 15) is 5.11 Å². The van der Waals surface area contributed by atoms with Crippen LogP contribution in [-0.2, 0) is 5.60 Å². The first-order valence-electron chi connectivity index (χ1n) is 12.9. The van der Waals surface area contributed by atoms with Crippen LogP contribution in [0.15, 0.2) is 48.9 Å². The third-order valence-corrected chi connectivity index (χ3v) is 7.91. The first-order chi connectivity index (χ1) is 17.9. The molecule has 0 saturated heterocycles. The van der Waals surface area contributed by atoms with Crippen LogP contribution in [0.25, 0.3) is 16.8 Å². The summed E-state index contributed by atoms with van der Waals surface area (Å²) in [6.45, 7) is 0. The molecule has 0 spiro atoms. The zero-order chi connectivity index (χ0) is 25.6. The summed E-state index contributed by atoms with van der Waals surface area (Å²) in [6, 6.07) is 7.96. The summed E-state index contributed by atoms with van der Waals surface area (Å²) in [4.78, 5) is 8.75. The van der Waals surface area contributed by atoms with Gasteiger partial charge in [-0.3, -0.25) is 4.98 Å². The number of hydrogen-bond acceptors (Lipinski definition) is 6. The lowest BCUT2D eigenvalue weighted by molar-refractivity contribution is 0.0438. The number of nitrogens with one attached hydrogen (secondary N) is 1. The minimum Gasteiger partial charge on any atom is -0.385 e. The number of rotatable bonds is 5. The van der Waals surface area contributed by atoms with Gasteiger partial charge < -0.3 is 16.2 Å². The van der Waals surface area contributed by atoms with Gasteiger partial charge in [-0.15, -0.1) is 0 Å². The highest BCUT2D eigenvalue weighted by molar-refractivity contribution is 5.66. The lowest BCUT2D eigenvalue weighted by atomic mass is 9.81. The number of benzene rings is 1. The van der Waals surface area contributed by atoms with E-state index in [0.29, 0.717) is 30.2 Å². The molecule has 2 aliphatic rings. The molecule has 2 saturated carbocycles. The zero-order valence-electron chi connectivity index (χ0n) is 20.5. The number of hydrogen-bond donors (Lipinski definition) is 3. The maximum absolute atomic E-state index is 15.2. The van der Waals surface area contributed by atoms with Gasteiger partial charge in [0.25, 0.3) is 0 Å². The molecule has 2 unspecified atom stereocenters. The second kappa shape index (κ2) is 9.46. The Labute approximate surface area is 213 Å². The molecule has 9 heteroatoms. The van der Waals surface area contributed by atoms with Crippen molar-refractivity contribution < 1.29 is 13.9 Å². The number of halogens is 2. The topological polar surface area (TPSA) is 101 Å². The summed E-state index contributed by atoms with van der Waals surface area (Å²) in [5.74, 6) is -0.760. The monoisotopic (exact) mass is 504 g/mol. The van der Waals surface area contributed by atoms with Gasteiger partial charge >= 0.3 is 0 Å². The minimum absolute atomic E-state index is 0.137.